The number of rotatable bonds is 9. The van der Waals surface area contributed by atoms with Gasteiger partial charge in [0.15, 0.2) is 5.82 Å². The van der Waals surface area contributed by atoms with Crippen LogP contribution in [0.15, 0.2) is 36.7 Å². The zero-order valence-electron chi connectivity index (χ0n) is 22.5. The highest BCUT2D eigenvalue weighted by atomic mass is 32.2. The molecular weight excluding hydrogens is 536 g/mol. The summed E-state index contributed by atoms with van der Waals surface area (Å²) in [5.41, 5.74) is 0.740. The van der Waals surface area contributed by atoms with Crippen LogP contribution in [0.1, 0.15) is 38.5 Å². The van der Waals surface area contributed by atoms with Gasteiger partial charge < -0.3 is 25.2 Å². The topological polar surface area (TPSA) is 160 Å². The lowest BCUT2D eigenvalue weighted by atomic mass is 9.85. The third kappa shape index (κ3) is 6.88. The van der Waals surface area contributed by atoms with Crippen LogP contribution in [0.25, 0.3) is 16.7 Å². The molecule has 3 heterocycles. The maximum absolute atomic E-state index is 12.9. The van der Waals surface area contributed by atoms with Gasteiger partial charge >= 0.3 is 0 Å². The van der Waals surface area contributed by atoms with Crippen molar-refractivity contribution in [2.24, 2.45) is 5.92 Å². The summed E-state index contributed by atoms with van der Waals surface area (Å²) >= 11 is 0. The number of aromatic nitrogens is 4. The molecular formula is C27H36N6O6S. The first-order valence-corrected chi connectivity index (χ1v) is 15.7. The van der Waals surface area contributed by atoms with Crippen LogP contribution in [0.5, 0.6) is 5.75 Å². The van der Waals surface area contributed by atoms with Gasteiger partial charge in [0.1, 0.15) is 28.3 Å². The minimum Gasteiger partial charge on any atom is -0.490 e. The second-order valence-corrected chi connectivity index (χ2v) is 13.0. The van der Waals surface area contributed by atoms with Crippen LogP contribution in [0.2, 0.25) is 0 Å². The predicted molar refractivity (Wildman–Crippen MR) is 149 cm³/mol. The molecule has 1 amide bonds. The Kier molecular flexibility index (Phi) is 8.52. The molecule has 216 valence electrons. The van der Waals surface area contributed by atoms with Crippen molar-refractivity contribution >= 4 is 32.6 Å². The minimum atomic E-state index is -3.32. The number of anilines is 1. The average Bonchev–Trinajstić information content (AvgIpc) is 3.37. The molecule has 0 bridgehead atoms. The molecule has 5 rings (SSSR count). The van der Waals surface area contributed by atoms with E-state index in [1.165, 1.54) is 0 Å². The number of nitrogens with one attached hydrogen (secondary N) is 1. The van der Waals surface area contributed by atoms with Gasteiger partial charge in [0.05, 0.1) is 29.0 Å². The van der Waals surface area contributed by atoms with Crippen LogP contribution in [0.3, 0.4) is 0 Å². The molecule has 3 aromatic rings. The summed E-state index contributed by atoms with van der Waals surface area (Å²) in [4.78, 5) is 23.9. The van der Waals surface area contributed by atoms with Crippen LogP contribution in [-0.2, 0) is 14.6 Å². The van der Waals surface area contributed by atoms with Gasteiger partial charge in [-0.3, -0.25) is 4.79 Å². The lowest BCUT2D eigenvalue weighted by Crippen LogP contribution is -2.44. The van der Waals surface area contributed by atoms with E-state index in [2.05, 4.69) is 20.4 Å². The fourth-order valence-corrected chi connectivity index (χ4v) is 6.26. The molecule has 0 unspecified atom stereocenters. The van der Waals surface area contributed by atoms with Gasteiger partial charge in [-0.15, -0.1) is 0 Å². The van der Waals surface area contributed by atoms with Crippen molar-refractivity contribution in [3.05, 3.63) is 36.7 Å². The Labute approximate surface area is 233 Å². The second-order valence-electron chi connectivity index (χ2n) is 10.8. The Morgan fingerprint density at radius 1 is 1.15 bits per heavy atom. The third-order valence-electron chi connectivity index (χ3n) is 7.54. The van der Waals surface area contributed by atoms with Crippen molar-refractivity contribution in [1.82, 2.24) is 24.6 Å². The summed E-state index contributed by atoms with van der Waals surface area (Å²) in [6.45, 7) is 1.12. The zero-order valence-corrected chi connectivity index (χ0v) is 23.3. The third-order valence-corrected chi connectivity index (χ3v) is 8.53. The standard InChI is InChI=1S/C27H36N6O6S/c1-40(37,38)17-21(35)16-39-24-4-2-3-23-22(24)15-29-33(23)25-9-12-28-27(31-25)30-19-7-5-18(6-8-19)26(36)32-13-10-20(34)11-14-32/h2-4,9,12,15,18-21,34-35H,5-8,10-11,13-14,16-17H2,1H3,(H,28,30,31)/t18-,19-,21-/m1/s1. The van der Waals surface area contributed by atoms with E-state index in [4.69, 9.17) is 4.74 Å². The van der Waals surface area contributed by atoms with Crippen LogP contribution >= 0.6 is 0 Å². The van der Waals surface area contributed by atoms with Crippen molar-refractivity contribution in [2.45, 2.75) is 56.8 Å². The number of sulfone groups is 1. The number of ether oxygens (including phenoxy) is 1. The van der Waals surface area contributed by atoms with Gasteiger partial charge in [0.2, 0.25) is 11.9 Å². The summed E-state index contributed by atoms with van der Waals surface area (Å²) < 4.78 is 30.2. The highest BCUT2D eigenvalue weighted by Gasteiger charge is 2.31. The number of hydrogen-bond acceptors (Lipinski definition) is 10. The lowest BCUT2D eigenvalue weighted by molar-refractivity contribution is -0.138. The molecule has 3 N–H and O–H groups in total. The molecule has 0 spiro atoms. The highest BCUT2D eigenvalue weighted by molar-refractivity contribution is 7.90. The fourth-order valence-electron chi connectivity index (χ4n) is 5.46. The first-order valence-electron chi connectivity index (χ1n) is 13.7. The summed E-state index contributed by atoms with van der Waals surface area (Å²) in [5, 5.41) is 28.3. The van der Waals surface area contributed by atoms with E-state index in [0.717, 1.165) is 37.5 Å². The van der Waals surface area contributed by atoms with Gasteiger partial charge in [0.25, 0.3) is 0 Å². The number of nitrogens with zero attached hydrogens (tertiary/aromatic N) is 5. The van der Waals surface area contributed by atoms with E-state index >= 15 is 0 Å². The number of amides is 1. The van der Waals surface area contributed by atoms with Crippen molar-refractivity contribution in [3.8, 4) is 11.6 Å². The summed E-state index contributed by atoms with van der Waals surface area (Å²) in [5.74, 6) is 1.40. The Bertz CT molecular complexity index is 1430. The number of carbonyl (C=O) groups excluding carboxylic acids is 1. The van der Waals surface area contributed by atoms with Crippen LogP contribution in [0, 0.1) is 5.92 Å². The van der Waals surface area contributed by atoms with Gasteiger partial charge in [-0.25, -0.2) is 18.1 Å². The van der Waals surface area contributed by atoms with Gasteiger partial charge in [0, 0.05) is 43.6 Å². The molecule has 1 aromatic carbocycles. The Morgan fingerprint density at radius 3 is 2.62 bits per heavy atom. The predicted octanol–water partition coefficient (Wildman–Crippen LogP) is 1.55. The van der Waals surface area contributed by atoms with E-state index in [0.29, 0.717) is 48.8 Å². The molecule has 1 saturated carbocycles. The molecule has 40 heavy (non-hydrogen) atoms. The minimum absolute atomic E-state index is 0.0277. The summed E-state index contributed by atoms with van der Waals surface area (Å²) in [6, 6.07) is 7.33. The first-order chi connectivity index (χ1) is 19.2. The zero-order chi connectivity index (χ0) is 28.3. The Balaban J connectivity index is 1.21. The number of aliphatic hydroxyl groups excluding tert-OH is 2. The van der Waals surface area contributed by atoms with E-state index in [1.54, 1.807) is 35.3 Å². The number of benzene rings is 1. The number of likely N-dealkylation sites (tertiary alicyclic amines) is 1. The van der Waals surface area contributed by atoms with E-state index in [1.807, 2.05) is 11.0 Å². The SMILES string of the molecule is CS(=O)(=O)C[C@H](O)COc1cccc2c1cnn2-c1ccnc(N[C@H]2CC[C@H](C(=O)N3CCC(O)CC3)CC2)n1. The molecule has 12 nitrogen and oxygen atoms in total. The van der Waals surface area contributed by atoms with E-state index < -0.39 is 15.9 Å². The van der Waals surface area contributed by atoms with Gasteiger partial charge in [-0.05, 0) is 50.7 Å². The maximum Gasteiger partial charge on any atom is 0.225 e. The lowest BCUT2D eigenvalue weighted by Gasteiger charge is -2.35. The van der Waals surface area contributed by atoms with Gasteiger partial charge in [-0.2, -0.15) is 10.1 Å². The van der Waals surface area contributed by atoms with Gasteiger partial charge in [-0.1, -0.05) is 6.07 Å². The highest BCUT2D eigenvalue weighted by Crippen LogP contribution is 2.30. The normalized spacial score (nSPS) is 21.3. The van der Waals surface area contributed by atoms with Crippen molar-refractivity contribution in [2.75, 3.05) is 37.0 Å². The summed E-state index contributed by atoms with van der Waals surface area (Å²) in [6.07, 6.45) is 7.57. The number of fused-ring (bicyclic) bond motifs is 1. The van der Waals surface area contributed by atoms with Crippen LogP contribution in [-0.4, -0.2) is 99.1 Å². The molecule has 0 radical (unpaired) electrons. The number of aliphatic hydroxyl groups is 2. The molecule has 13 heteroatoms. The Hall–Kier alpha value is -3.29. The number of piperidine rings is 1. The molecule has 1 saturated heterocycles. The van der Waals surface area contributed by atoms with Crippen LogP contribution in [0.4, 0.5) is 5.95 Å². The van der Waals surface area contributed by atoms with Crippen molar-refractivity contribution in [1.29, 1.82) is 0 Å². The smallest absolute Gasteiger partial charge is 0.225 e. The largest absolute Gasteiger partial charge is 0.490 e. The first kappa shape index (κ1) is 28.2. The summed E-state index contributed by atoms with van der Waals surface area (Å²) in [7, 11) is -3.32. The fraction of sp³-hybridized carbons (Fsp3) is 0.556. The monoisotopic (exact) mass is 572 g/mol. The average molecular weight is 573 g/mol. The molecule has 2 aliphatic rings. The van der Waals surface area contributed by atoms with Crippen LogP contribution < -0.4 is 10.1 Å². The molecule has 1 atom stereocenters. The Morgan fingerprint density at radius 2 is 1.90 bits per heavy atom. The molecule has 2 aromatic heterocycles. The van der Waals surface area contributed by atoms with E-state index in [9.17, 15) is 23.4 Å². The maximum atomic E-state index is 12.9. The molecule has 1 aliphatic carbocycles. The van der Waals surface area contributed by atoms with Crippen molar-refractivity contribution < 1.29 is 28.2 Å². The van der Waals surface area contributed by atoms with Crippen molar-refractivity contribution in [3.63, 3.8) is 0 Å². The quantitative estimate of drug-likeness (QED) is 0.343. The number of hydrogen-bond donors (Lipinski definition) is 3. The second kappa shape index (κ2) is 12.1. The van der Waals surface area contributed by atoms with E-state index in [-0.39, 0.29) is 36.3 Å². The molecule has 2 fully saturated rings. The number of carbonyl (C=O) groups is 1. The molecule has 1 aliphatic heterocycles.